The van der Waals surface area contributed by atoms with E-state index in [-0.39, 0.29) is 21.1 Å². The van der Waals surface area contributed by atoms with Gasteiger partial charge in [0, 0.05) is 19.3 Å². The summed E-state index contributed by atoms with van der Waals surface area (Å²) in [5.41, 5.74) is 0. The topological polar surface area (TPSA) is 50.3 Å². The van der Waals surface area contributed by atoms with Crippen LogP contribution in [-0.2, 0) is 10.0 Å². The molecule has 0 aromatic carbocycles. The minimum Gasteiger partial charge on any atom is -0.242 e. The molecule has 0 radical (unpaired) electrons. The molecule has 1 aromatic heterocycles. The highest BCUT2D eigenvalue weighted by Gasteiger charge is 2.32. The van der Waals surface area contributed by atoms with Crippen LogP contribution in [0.15, 0.2) is 17.2 Å². The van der Waals surface area contributed by atoms with Crippen molar-refractivity contribution >= 4 is 33.2 Å². The Labute approximate surface area is 111 Å². The summed E-state index contributed by atoms with van der Waals surface area (Å²) in [6, 6.07) is 1.43. The van der Waals surface area contributed by atoms with Crippen molar-refractivity contribution in [1.82, 2.24) is 9.29 Å². The highest BCUT2D eigenvalue weighted by atomic mass is 35.5. The van der Waals surface area contributed by atoms with Crippen LogP contribution in [0.25, 0.3) is 0 Å². The van der Waals surface area contributed by atoms with Crippen LogP contribution in [0, 0.1) is 0 Å². The fraction of sp³-hybridized carbons (Fsp3) is 0.500. The quantitative estimate of drug-likeness (QED) is 0.805. The summed E-state index contributed by atoms with van der Waals surface area (Å²) in [5, 5.41) is 0.256. The second kappa shape index (κ2) is 4.72. The van der Waals surface area contributed by atoms with Crippen molar-refractivity contribution in [2.45, 2.75) is 30.2 Å². The number of hydrogen-bond donors (Lipinski definition) is 0. The van der Waals surface area contributed by atoms with E-state index >= 15 is 0 Å². The lowest BCUT2D eigenvalue weighted by molar-refractivity contribution is 0.249. The first kappa shape index (κ1) is 13.1. The molecule has 94 valence electrons. The van der Waals surface area contributed by atoms with Crippen LogP contribution in [0.1, 0.15) is 19.3 Å². The van der Waals surface area contributed by atoms with E-state index in [1.807, 2.05) is 0 Å². The number of hydrogen-bond acceptors (Lipinski definition) is 3. The van der Waals surface area contributed by atoms with Gasteiger partial charge in [-0.15, -0.1) is 0 Å². The van der Waals surface area contributed by atoms with Crippen molar-refractivity contribution < 1.29 is 8.42 Å². The number of nitrogens with zero attached hydrogens (tertiary/aromatic N) is 2. The molecule has 1 saturated carbocycles. The molecule has 0 amide bonds. The molecule has 0 bridgehead atoms. The number of sulfonamides is 1. The largest absolute Gasteiger partial charge is 0.244 e. The first-order chi connectivity index (χ1) is 7.93. The summed E-state index contributed by atoms with van der Waals surface area (Å²) in [4.78, 5) is 3.84. The van der Waals surface area contributed by atoms with Gasteiger partial charge in [0.15, 0.2) is 0 Å². The molecule has 7 heteroatoms. The Morgan fingerprint density at radius 3 is 2.53 bits per heavy atom. The molecular weight excluding hydrogens is 283 g/mol. The van der Waals surface area contributed by atoms with Gasteiger partial charge in [0.25, 0.3) is 0 Å². The van der Waals surface area contributed by atoms with E-state index in [1.54, 1.807) is 7.05 Å². The molecule has 0 aliphatic heterocycles. The van der Waals surface area contributed by atoms with Gasteiger partial charge in [0.2, 0.25) is 10.0 Å². The maximum atomic E-state index is 12.2. The average Bonchev–Trinajstić information content (AvgIpc) is 2.19. The Hall–Kier alpha value is -0.360. The molecule has 0 spiro atoms. The first-order valence-electron chi connectivity index (χ1n) is 5.22. The summed E-state index contributed by atoms with van der Waals surface area (Å²) in [6.07, 6.45) is 4.12. The van der Waals surface area contributed by atoms with E-state index in [4.69, 9.17) is 23.2 Å². The molecule has 2 rings (SSSR count). The lowest BCUT2D eigenvalue weighted by Crippen LogP contribution is -2.41. The van der Waals surface area contributed by atoms with Gasteiger partial charge >= 0.3 is 0 Å². The molecule has 17 heavy (non-hydrogen) atoms. The first-order valence-corrected chi connectivity index (χ1v) is 7.41. The van der Waals surface area contributed by atoms with Crippen LogP contribution in [-0.4, -0.2) is 30.8 Å². The molecule has 1 aliphatic rings. The smallest absolute Gasteiger partial charge is 0.242 e. The Morgan fingerprint density at radius 2 is 2.06 bits per heavy atom. The van der Waals surface area contributed by atoms with Crippen LogP contribution >= 0.6 is 23.2 Å². The highest BCUT2D eigenvalue weighted by Crippen LogP contribution is 2.30. The Morgan fingerprint density at radius 1 is 1.41 bits per heavy atom. The van der Waals surface area contributed by atoms with Gasteiger partial charge < -0.3 is 0 Å². The Kier molecular flexibility index (Phi) is 3.63. The monoisotopic (exact) mass is 294 g/mol. The fourth-order valence-corrected chi connectivity index (χ4v) is 3.38. The van der Waals surface area contributed by atoms with E-state index in [9.17, 15) is 8.42 Å². The second-order valence-corrected chi connectivity index (χ2v) is 6.81. The summed E-state index contributed by atoms with van der Waals surface area (Å²) in [7, 11) is -1.93. The van der Waals surface area contributed by atoms with E-state index in [0.717, 1.165) is 19.3 Å². The van der Waals surface area contributed by atoms with Crippen LogP contribution in [0.5, 0.6) is 0 Å². The van der Waals surface area contributed by atoms with Crippen molar-refractivity contribution in [2.75, 3.05) is 7.05 Å². The molecule has 0 atom stereocenters. The molecule has 1 aliphatic carbocycles. The third-order valence-electron chi connectivity index (χ3n) is 3.04. The van der Waals surface area contributed by atoms with E-state index in [2.05, 4.69) is 4.98 Å². The van der Waals surface area contributed by atoms with Crippen LogP contribution in [0.3, 0.4) is 0 Å². The fourth-order valence-electron chi connectivity index (χ4n) is 1.66. The summed E-state index contributed by atoms with van der Waals surface area (Å²) < 4.78 is 25.8. The third-order valence-corrected chi connectivity index (χ3v) is 5.60. The van der Waals surface area contributed by atoms with E-state index in [0.29, 0.717) is 0 Å². The zero-order chi connectivity index (χ0) is 12.6. The van der Waals surface area contributed by atoms with E-state index < -0.39 is 10.0 Å². The van der Waals surface area contributed by atoms with Gasteiger partial charge in [-0.05, 0) is 18.9 Å². The summed E-state index contributed by atoms with van der Waals surface area (Å²) in [6.45, 7) is 0. The minimum absolute atomic E-state index is 0.0845. The van der Waals surface area contributed by atoms with Crippen molar-refractivity contribution in [3.63, 3.8) is 0 Å². The average molecular weight is 295 g/mol. The van der Waals surface area contributed by atoms with Crippen molar-refractivity contribution in [1.29, 1.82) is 0 Å². The molecular formula is C10H12Cl2N2O2S. The van der Waals surface area contributed by atoms with Crippen molar-refractivity contribution in [2.24, 2.45) is 0 Å². The molecule has 0 saturated heterocycles. The van der Waals surface area contributed by atoms with Gasteiger partial charge in [-0.3, -0.25) is 0 Å². The number of pyridine rings is 1. The minimum atomic E-state index is -3.51. The standard InChI is InChI=1S/C10H12Cl2N2O2S/c1-14(7-3-2-4-7)17(15,16)8-5-9(11)10(12)13-6-8/h5-7H,2-4H2,1H3. The summed E-state index contributed by atoms with van der Waals surface area (Å²) >= 11 is 11.4. The SMILES string of the molecule is CN(C1CCC1)S(=O)(=O)c1cnc(Cl)c(Cl)c1. The predicted octanol–water partition coefficient (Wildman–Crippen LogP) is 2.56. The van der Waals surface area contributed by atoms with Gasteiger partial charge in [-0.1, -0.05) is 29.6 Å². The molecule has 1 fully saturated rings. The zero-order valence-electron chi connectivity index (χ0n) is 9.23. The van der Waals surface area contributed by atoms with Gasteiger partial charge in [0.1, 0.15) is 10.0 Å². The van der Waals surface area contributed by atoms with Gasteiger partial charge in [0.05, 0.1) is 5.02 Å². The second-order valence-electron chi connectivity index (χ2n) is 4.05. The third kappa shape index (κ3) is 2.42. The zero-order valence-corrected chi connectivity index (χ0v) is 11.6. The lowest BCUT2D eigenvalue weighted by atomic mass is 9.94. The predicted molar refractivity (Wildman–Crippen MR) is 66.8 cm³/mol. The highest BCUT2D eigenvalue weighted by molar-refractivity contribution is 7.89. The molecule has 1 heterocycles. The molecule has 1 aromatic rings. The normalized spacial score (nSPS) is 17.2. The van der Waals surface area contributed by atoms with Crippen LogP contribution < -0.4 is 0 Å². The Balaban J connectivity index is 2.33. The lowest BCUT2D eigenvalue weighted by Gasteiger charge is -2.33. The number of halogens is 2. The van der Waals surface area contributed by atoms with Crippen LogP contribution in [0.4, 0.5) is 0 Å². The van der Waals surface area contributed by atoms with Crippen LogP contribution in [0.2, 0.25) is 10.2 Å². The molecule has 4 nitrogen and oxygen atoms in total. The molecule has 0 N–H and O–H groups in total. The Bertz CT molecular complexity index is 529. The maximum absolute atomic E-state index is 12.2. The van der Waals surface area contributed by atoms with Gasteiger partial charge in [-0.25, -0.2) is 13.4 Å². The number of rotatable bonds is 3. The van der Waals surface area contributed by atoms with Gasteiger partial charge in [-0.2, -0.15) is 4.31 Å². The maximum Gasteiger partial charge on any atom is 0.244 e. The van der Waals surface area contributed by atoms with Crippen molar-refractivity contribution in [3.05, 3.63) is 22.4 Å². The van der Waals surface area contributed by atoms with Crippen molar-refractivity contribution in [3.8, 4) is 0 Å². The number of aromatic nitrogens is 1. The van der Waals surface area contributed by atoms with E-state index in [1.165, 1.54) is 16.6 Å². The molecule has 0 unspecified atom stereocenters. The summed E-state index contributed by atoms with van der Waals surface area (Å²) in [5.74, 6) is 0.